The predicted molar refractivity (Wildman–Crippen MR) is 58.4 cm³/mol. The Labute approximate surface area is 78.0 Å². The maximum Gasteiger partial charge on any atom is -0.00950 e. The Hall–Kier alpha value is -0.690. The van der Waals surface area contributed by atoms with E-state index in [1.165, 1.54) is 15.3 Å². The summed E-state index contributed by atoms with van der Waals surface area (Å²) >= 11 is 1.80. The maximum absolute atomic E-state index is 2.17. The molecule has 0 atom stereocenters. The molecule has 1 heteroatoms. The summed E-state index contributed by atoms with van der Waals surface area (Å²) in [5, 5.41) is 2.68. The molecule has 0 radical (unpaired) electrons. The van der Waals surface area contributed by atoms with Crippen LogP contribution < -0.4 is 10.4 Å². The van der Waals surface area contributed by atoms with Gasteiger partial charge >= 0.3 is 0 Å². The molecule has 0 aliphatic carbocycles. The van der Waals surface area contributed by atoms with Gasteiger partial charge in [0.2, 0.25) is 0 Å². The minimum atomic E-state index is 1.32. The molecule has 1 aromatic carbocycles. The van der Waals surface area contributed by atoms with Crippen LogP contribution in [0.4, 0.5) is 0 Å². The summed E-state index contributed by atoms with van der Waals surface area (Å²) < 4.78 is 0. The summed E-state index contributed by atoms with van der Waals surface area (Å²) in [6.45, 7) is 4.24. The molecular weight excluding hydrogens is 164 g/mol. The molecule has 1 aromatic rings. The first-order valence-corrected chi connectivity index (χ1v) is 5.28. The van der Waals surface area contributed by atoms with Crippen molar-refractivity contribution in [2.75, 3.05) is 6.26 Å². The van der Waals surface area contributed by atoms with Crippen LogP contribution in [-0.2, 0) is 0 Å². The molecule has 0 fully saturated rings. The third-order valence-electron chi connectivity index (χ3n) is 1.96. The zero-order chi connectivity index (χ0) is 8.97. The van der Waals surface area contributed by atoms with Gasteiger partial charge in [-0.1, -0.05) is 30.3 Å². The monoisotopic (exact) mass is 178 g/mol. The van der Waals surface area contributed by atoms with E-state index in [1.807, 2.05) is 0 Å². The molecule has 0 N–H and O–H groups in total. The molecule has 64 valence electrons. The molecule has 0 unspecified atom stereocenters. The van der Waals surface area contributed by atoms with E-state index in [4.69, 9.17) is 0 Å². The lowest BCUT2D eigenvalue weighted by atomic mass is 10.2. The fourth-order valence-electron chi connectivity index (χ4n) is 1.18. The first-order valence-electron chi connectivity index (χ1n) is 4.06. The second-order valence-electron chi connectivity index (χ2n) is 2.64. The summed E-state index contributed by atoms with van der Waals surface area (Å²) in [7, 11) is 0. The first-order chi connectivity index (χ1) is 5.79. The van der Waals surface area contributed by atoms with Crippen LogP contribution in [0.1, 0.15) is 13.8 Å². The average Bonchev–Trinajstić information content (AvgIpc) is 2.16. The van der Waals surface area contributed by atoms with Crippen LogP contribution >= 0.6 is 11.8 Å². The van der Waals surface area contributed by atoms with Crippen molar-refractivity contribution in [3.05, 3.63) is 34.7 Å². The van der Waals surface area contributed by atoms with Crippen LogP contribution in [-0.4, -0.2) is 6.26 Å². The van der Waals surface area contributed by atoms with Gasteiger partial charge in [0.05, 0.1) is 0 Å². The fraction of sp³-hybridized carbons (Fsp3) is 0.273. The summed E-state index contributed by atoms with van der Waals surface area (Å²) in [6, 6.07) is 8.48. The van der Waals surface area contributed by atoms with Crippen molar-refractivity contribution in [3.63, 3.8) is 0 Å². The molecule has 0 bridgehead atoms. The first kappa shape index (κ1) is 9.40. The van der Waals surface area contributed by atoms with Gasteiger partial charge in [-0.2, -0.15) is 0 Å². The number of thioether (sulfide) groups is 1. The minimum Gasteiger partial charge on any atom is -0.134 e. The lowest BCUT2D eigenvalue weighted by Gasteiger charge is -1.95. The second kappa shape index (κ2) is 4.36. The summed E-state index contributed by atoms with van der Waals surface area (Å²) in [5.41, 5.74) is 0. The van der Waals surface area contributed by atoms with E-state index in [0.29, 0.717) is 0 Å². The molecule has 0 amide bonds. The van der Waals surface area contributed by atoms with Gasteiger partial charge in [0.15, 0.2) is 0 Å². The molecule has 0 aromatic heterocycles. The largest absolute Gasteiger partial charge is 0.134 e. The number of rotatable bonds is 1. The summed E-state index contributed by atoms with van der Waals surface area (Å²) in [5.74, 6) is 0. The maximum atomic E-state index is 2.17. The number of benzene rings is 1. The molecule has 0 spiro atoms. The van der Waals surface area contributed by atoms with Gasteiger partial charge in [-0.25, -0.2) is 0 Å². The Morgan fingerprint density at radius 2 is 2.00 bits per heavy atom. The Bertz CT molecular complexity index is 363. The van der Waals surface area contributed by atoms with Gasteiger partial charge in [-0.3, -0.25) is 0 Å². The van der Waals surface area contributed by atoms with Crippen molar-refractivity contribution < 1.29 is 0 Å². The topological polar surface area (TPSA) is 0 Å². The fourth-order valence-corrected chi connectivity index (χ4v) is 1.59. The third kappa shape index (κ3) is 1.92. The molecule has 0 aliphatic heterocycles. The molecule has 0 saturated heterocycles. The quantitative estimate of drug-likeness (QED) is 0.633. The highest BCUT2D eigenvalue weighted by atomic mass is 32.2. The lowest BCUT2D eigenvalue weighted by molar-refractivity contribution is 1.49. The molecule has 0 nitrogen and oxygen atoms in total. The Balaban J connectivity index is 3.54. The van der Waals surface area contributed by atoms with Crippen molar-refractivity contribution in [2.24, 2.45) is 0 Å². The average molecular weight is 178 g/mol. The van der Waals surface area contributed by atoms with Gasteiger partial charge in [-0.05, 0) is 35.4 Å². The molecule has 0 heterocycles. The summed E-state index contributed by atoms with van der Waals surface area (Å²) in [4.78, 5) is 1.38. The highest BCUT2D eigenvalue weighted by Crippen LogP contribution is 2.06. The zero-order valence-electron chi connectivity index (χ0n) is 7.79. The Morgan fingerprint density at radius 3 is 2.58 bits per heavy atom. The van der Waals surface area contributed by atoms with E-state index in [2.05, 4.69) is 50.4 Å². The van der Waals surface area contributed by atoms with E-state index in [9.17, 15) is 0 Å². The van der Waals surface area contributed by atoms with E-state index < -0.39 is 0 Å². The normalized spacial score (nSPS) is 14.8. The molecule has 1 rings (SSSR count). The van der Waals surface area contributed by atoms with Gasteiger partial charge in [0.25, 0.3) is 0 Å². The lowest BCUT2D eigenvalue weighted by Crippen LogP contribution is -2.24. The minimum absolute atomic E-state index is 1.32. The number of hydrogen-bond acceptors (Lipinski definition) is 1. The van der Waals surface area contributed by atoms with E-state index in [0.717, 1.165) is 0 Å². The van der Waals surface area contributed by atoms with Crippen LogP contribution in [0.3, 0.4) is 0 Å². The zero-order valence-corrected chi connectivity index (χ0v) is 8.61. The SMILES string of the molecule is C/C=c1/cccc/c1=C(/C)SC. The van der Waals surface area contributed by atoms with Gasteiger partial charge in [-0.15, -0.1) is 11.8 Å². The Morgan fingerprint density at radius 1 is 1.33 bits per heavy atom. The van der Waals surface area contributed by atoms with Crippen LogP contribution in [0.2, 0.25) is 0 Å². The molecule has 12 heavy (non-hydrogen) atoms. The van der Waals surface area contributed by atoms with Crippen LogP contribution in [0.25, 0.3) is 11.0 Å². The standard InChI is InChI=1S/C11H14S/c1-4-10-7-5-6-8-11(10)9(2)12-3/h4-8H,1-3H3/b10-4-,11-9+. The van der Waals surface area contributed by atoms with Crippen LogP contribution in [0.15, 0.2) is 24.3 Å². The van der Waals surface area contributed by atoms with Gasteiger partial charge in [0.1, 0.15) is 0 Å². The van der Waals surface area contributed by atoms with Crippen molar-refractivity contribution in [1.82, 2.24) is 0 Å². The van der Waals surface area contributed by atoms with Crippen molar-refractivity contribution in [2.45, 2.75) is 13.8 Å². The molecule has 0 saturated carbocycles. The third-order valence-corrected chi connectivity index (χ3v) is 2.79. The van der Waals surface area contributed by atoms with Crippen molar-refractivity contribution in [3.8, 4) is 0 Å². The van der Waals surface area contributed by atoms with Crippen molar-refractivity contribution in [1.29, 1.82) is 0 Å². The predicted octanol–water partition coefficient (Wildman–Crippen LogP) is 1.98. The van der Waals surface area contributed by atoms with E-state index in [-0.39, 0.29) is 0 Å². The van der Waals surface area contributed by atoms with Crippen LogP contribution in [0.5, 0.6) is 0 Å². The van der Waals surface area contributed by atoms with Gasteiger partial charge in [0, 0.05) is 0 Å². The van der Waals surface area contributed by atoms with Gasteiger partial charge < -0.3 is 0 Å². The van der Waals surface area contributed by atoms with Crippen molar-refractivity contribution >= 4 is 22.7 Å². The van der Waals surface area contributed by atoms with E-state index in [1.54, 1.807) is 11.8 Å². The highest BCUT2D eigenvalue weighted by Gasteiger charge is 1.88. The second-order valence-corrected chi connectivity index (χ2v) is 3.66. The highest BCUT2D eigenvalue weighted by molar-refractivity contribution is 8.07. The Kier molecular flexibility index (Phi) is 3.42. The number of hydrogen-bond donors (Lipinski definition) is 0. The van der Waals surface area contributed by atoms with Crippen LogP contribution in [0, 0.1) is 0 Å². The summed E-state index contributed by atoms with van der Waals surface area (Å²) in [6.07, 6.45) is 4.26. The smallest absolute Gasteiger partial charge is 0.00950 e. The molecule has 0 aliphatic rings. The van der Waals surface area contributed by atoms with E-state index >= 15 is 0 Å². The molecular formula is C11H14S.